The van der Waals surface area contributed by atoms with E-state index in [0.717, 1.165) is 30.5 Å². The monoisotopic (exact) mass is 297 g/mol. The lowest BCUT2D eigenvalue weighted by Gasteiger charge is -2.11. The van der Waals surface area contributed by atoms with Crippen molar-refractivity contribution in [3.63, 3.8) is 0 Å². The fourth-order valence-electron chi connectivity index (χ4n) is 2.81. The molecule has 1 aromatic carbocycles. The Morgan fingerprint density at radius 1 is 1.09 bits per heavy atom. The van der Waals surface area contributed by atoms with Crippen molar-refractivity contribution in [2.24, 2.45) is 0 Å². The number of hydrogen-bond acceptors (Lipinski definition) is 1. The molecule has 1 aliphatic rings. The molecular weight excluding hydrogens is 270 g/mol. The van der Waals surface area contributed by atoms with Crippen molar-refractivity contribution in [1.82, 2.24) is 5.32 Å². The Kier molecular flexibility index (Phi) is 6.95. The summed E-state index contributed by atoms with van der Waals surface area (Å²) in [6.45, 7) is 3.00. The smallest absolute Gasteiger partial charge is 0.251 e. The Morgan fingerprint density at radius 2 is 1.86 bits per heavy atom. The number of amides is 1. The van der Waals surface area contributed by atoms with E-state index in [-0.39, 0.29) is 5.91 Å². The molecule has 0 saturated carbocycles. The second-order valence-corrected chi connectivity index (χ2v) is 5.89. The first-order chi connectivity index (χ1) is 10.8. The number of allylic oxidation sites excluding steroid dienone is 4. The predicted molar refractivity (Wildman–Crippen MR) is 93.9 cm³/mol. The zero-order valence-corrected chi connectivity index (χ0v) is 13.6. The van der Waals surface area contributed by atoms with Gasteiger partial charge in [0.25, 0.3) is 5.91 Å². The minimum absolute atomic E-state index is 0.0527. The molecule has 0 spiro atoms. The maximum Gasteiger partial charge on any atom is 0.251 e. The maximum atomic E-state index is 12.4. The Labute approximate surface area is 134 Å². The van der Waals surface area contributed by atoms with Gasteiger partial charge >= 0.3 is 0 Å². The molecule has 0 unspecified atom stereocenters. The van der Waals surface area contributed by atoms with Crippen LogP contribution in [0.2, 0.25) is 0 Å². The number of carbonyl (C=O) groups is 1. The Morgan fingerprint density at radius 3 is 2.64 bits per heavy atom. The fraction of sp³-hybridized carbons (Fsp3) is 0.450. The van der Waals surface area contributed by atoms with Gasteiger partial charge in [-0.1, -0.05) is 75.5 Å². The van der Waals surface area contributed by atoms with Crippen molar-refractivity contribution in [2.45, 2.75) is 51.9 Å². The molecular formula is C20H27NO. The zero-order valence-electron chi connectivity index (χ0n) is 13.6. The van der Waals surface area contributed by atoms with E-state index in [1.54, 1.807) is 0 Å². The molecule has 1 aliphatic carbocycles. The summed E-state index contributed by atoms with van der Waals surface area (Å²) in [5.41, 5.74) is 3.08. The first-order valence-corrected chi connectivity index (χ1v) is 8.56. The zero-order chi connectivity index (χ0) is 15.6. The van der Waals surface area contributed by atoms with Crippen LogP contribution in [0.15, 0.2) is 42.5 Å². The van der Waals surface area contributed by atoms with Gasteiger partial charge in [-0.3, -0.25) is 4.79 Å². The summed E-state index contributed by atoms with van der Waals surface area (Å²) >= 11 is 0. The van der Waals surface area contributed by atoms with Crippen LogP contribution < -0.4 is 5.32 Å². The van der Waals surface area contributed by atoms with Crippen molar-refractivity contribution in [3.05, 3.63) is 53.6 Å². The van der Waals surface area contributed by atoms with Crippen molar-refractivity contribution < 1.29 is 4.79 Å². The van der Waals surface area contributed by atoms with Gasteiger partial charge in [0.1, 0.15) is 0 Å². The summed E-state index contributed by atoms with van der Waals surface area (Å²) in [4.78, 5) is 12.4. The van der Waals surface area contributed by atoms with E-state index < -0.39 is 0 Å². The highest BCUT2D eigenvalue weighted by molar-refractivity contribution is 5.99. The van der Waals surface area contributed by atoms with E-state index >= 15 is 0 Å². The molecule has 1 aromatic rings. The number of unbranched alkanes of at least 4 members (excludes halogenated alkanes) is 5. The second-order valence-electron chi connectivity index (χ2n) is 5.89. The van der Waals surface area contributed by atoms with Crippen LogP contribution in [-0.2, 0) is 0 Å². The number of benzene rings is 1. The summed E-state index contributed by atoms with van der Waals surface area (Å²) in [6, 6.07) is 7.90. The minimum atomic E-state index is 0.0527. The van der Waals surface area contributed by atoms with Crippen LogP contribution in [-0.4, -0.2) is 12.5 Å². The number of carbonyl (C=O) groups excluding carboxylic acids is 1. The highest BCUT2D eigenvalue weighted by atomic mass is 16.1. The fourth-order valence-corrected chi connectivity index (χ4v) is 2.81. The summed E-state index contributed by atoms with van der Waals surface area (Å²) in [7, 11) is 0. The van der Waals surface area contributed by atoms with Crippen LogP contribution >= 0.6 is 0 Å². The van der Waals surface area contributed by atoms with Gasteiger partial charge < -0.3 is 5.32 Å². The summed E-state index contributed by atoms with van der Waals surface area (Å²) in [5, 5.41) is 3.07. The molecule has 0 heterocycles. The maximum absolute atomic E-state index is 12.4. The molecule has 0 radical (unpaired) electrons. The van der Waals surface area contributed by atoms with Gasteiger partial charge in [-0.25, -0.2) is 0 Å². The first-order valence-electron chi connectivity index (χ1n) is 8.56. The van der Waals surface area contributed by atoms with Gasteiger partial charge in [-0.15, -0.1) is 0 Å². The summed E-state index contributed by atoms with van der Waals surface area (Å²) in [6.07, 6.45) is 14.7. The number of hydrogen-bond donors (Lipinski definition) is 1. The van der Waals surface area contributed by atoms with Crippen LogP contribution in [0.4, 0.5) is 0 Å². The molecule has 0 fully saturated rings. The lowest BCUT2D eigenvalue weighted by molar-refractivity contribution is 0.0952. The van der Waals surface area contributed by atoms with E-state index in [2.05, 4.69) is 30.5 Å². The molecule has 0 atom stereocenters. The van der Waals surface area contributed by atoms with Gasteiger partial charge in [0, 0.05) is 12.1 Å². The molecule has 0 aromatic heterocycles. The Bertz CT molecular complexity index is 542. The predicted octanol–water partition coefficient (Wildman–Crippen LogP) is 5.12. The summed E-state index contributed by atoms with van der Waals surface area (Å²) < 4.78 is 0. The average Bonchev–Trinajstić information content (AvgIpc) is 3.08. The van der Waals surface area contributed by atoms with E-state index in [4.69, 9.17) is 0 Å². The minimum Gasteiger partial charge on any atom is -0.352 e. The van der Waals surface area contributed by atoms with Gasteiger partial charge in [0.05, 0.1) is 0 Å². The molecule has 0 aliphatic heterocycles. The van der Waals surface area contributed by atoms with Gasteiger partial charge in [0.15, 0.2) is 0 Å². The van der Waals surface area contributed by atoms with Crippen molar-refractivity contribution in [1.29, 1.82) is 0 Å². The largest absolute Gasteiger partial charge is 0.352 e. The lowest BCUT2D eigenvalue weighted by Crippen LogP contribution is -2.25. The van der Waals surface area contributed by atoms with E-state index in [1.165, 1.54) is 37.7 Å². The number of nitrogens with one attached hydrogen (secondary N) is 1. The highest BCUT2D eigenvalue weighted by Crippen LogP contribution is 2.26. The van der Waals surface area contributed by atoms with Crippen LogP contribution in [0.5, 0.6) is 0 Å². The molecule has 118 valence electrons. The van der Waals surface area contributed by atoms with Crippen molar-refractivity contribution >= 4 is 11.5 Å². The van der Waals surface area contributed by atoms with Crippen molar-refractivity contribution in [3.8, 4) is 0 Å². The van der Waals surface area contributed by atoms with Gasteiger partial charge in [-0.2, -0.15) is 0 Å². The summed E-state index contributed by atoms with van der Waals surface area (Å²) in [5.74, 6) is 0.0527. The molecule has 0 bridgehead atoms. The number of rotatable bonds is 9. The first kappa shape index (κ1) is 16.5. The van der Waals surface area contributed by atoms with Crippen LogP contribution in [0, 0.1) is 0 Å². The van der Waals surface area contributed by atoms with E-state index in [0.29, 0.717) is 0 Å². The quantitative estimate of drug-likeness (QED) is 0.630. The Hall–Kier alpha value is -1.83. The highest BCUT2D eigenvalue weighted by Gasteiger charge is 2.13. The van der Waals surface area contributed by atoms with E-state index in [1.807, 2.05) is 24.3 Å². The molecule has 0 saturated heterocycles. The average molecular weight is 297 g/mol. The molecule has 2 nitrogen and oxygen atoms in total. The van der Waals surface area contributed by atoms with E-state index in [9.17, 15) is 4.79 Å². The van der Waals surface area contributed by atoms with Crippen LogP contribution in [0.1, 0.15) is 67.8 Å². The molecule has 1 amide bonds. The lowest BCUT2D eigenvalue weighted by atomic mass is 9.98. The third-order valence-electron chi connectivity index (χ3n) is 4.10. The van der Waals surface area contributed by atoms with Crippen molar-refractivity contribution in [2.75, 3.05) is 6.54 Å². The molecule has 1 N–H and O–H groups in total. The van der Waals surface area contributed by atoms with Gasteiger partial charge in [-0.05, 0) is 30.0 Å². The third kappa shape index (κ3) is 4.87. The van der Waals surface area contributed by atoms with Gasteiger partial charge in [0.2, 0.25) is 0 Å². The molecule has 22 heavy (non-hydrogen) atoms. The topological polar surface area (TPSA) is 29.1 Å². The SMILES string of the molecule is CCCCCCCCNC(=O)c1ccccc1C1=CC=CC1. The normalized spacial score (nSPS) is 13.2. The molecule has 2 rings (SSSR count). The second kappa shape index (κ2) is 9.24. The van der Waals surface area contributed by atoms with Crippen LogP contribution in [0.25, 0.3) is 5.57 Å². The molecule has 2 heteroatoms. The third-order valence-corrected chi connectivity index (χ3v) is 4.10. The van der Waals surface area contributed by atoms with Crippen LogP contribution in [0.3, 0.4) is 0 Å². The Balaban J connectivity index is 1.80. The standard InChI is InChI=1S/C20H27NO/c1-2-3-4-5-6-11-16-21-20(22)19-15-10-9-14-18(19)17-12-7-8-13-17/h7-10,12,14-15H,2-6,11,13,16H2,1H3,(H,21,22).